The van der Waals surface area contributed by atoms with Gasteiger partial charge in [0.05, 0.1) is 0 Å². The molecule has 0 atom stereocenters. The van der Waals surface area contributed by atoms with E-state index >= 15 is 0 Å². The molecule has 0 unspecified atom stereocenters. The smallest absolute Gasteiger partial charge is 0.0309 e. The molecule has 0 saturated heterocycles. The van der Waals surface area contributed by atoms with Crippen molar-refractivity contribution in [3.63, 3.8) is 0 Å². The molecule has 0 aromatic rings. The van der Waals surface area contributed by atoms with Gasteiger partial charge in [0.25, 0.3) is 0 Å². The lowest BCUT2D eigenvalue weighted by Gasteiger charge is -2.19. The van der Waals surface area contributed by atoms with Gasteiger partial charge in [0.2, 0.25) is 0 Å². The summed E-state index contributed by atoms with van der Waals surface area (Å²) in [6, 6.07) is 0. The Labute approximate surface area is 66.8 Å². The molecule has 0 radical (unpaired) electrons. The van der Waals surface area contributed by atoms with E-state index in [9.17, 15) is 0 Å². The Bertz CT molecular complexity index is 279. The molecule has 1 aliphatic heterocycles. The lowest BCUT2D eigenvalue weighted by molar-refractivity contribution is 0.832. The van der Waals surface area contributed by atoms with Crippen LogP contribution in [0, 0.1) is 0 Å². The fourth-order valence-corrected chi connectivity index (χ4v) is 1.40. The minimum absolute atomic E-state index is 0.999. The van der Waals surface area contributed by atoms with E-state index in [2.05, 4.69) is 30.1 Å². The Morgan fingerprint density at radius 1 is 1.27 bits per heavy atom. The first-order valence-corrected chi connectivity index (χ1v) is 3.90. The Morgan fingerprint density at radius 2 is 2.18 bits per heavy atom. The second-order valence-corrected chi connectivity index (χ2v) is 2.86. The summed E-state index contributed by atoms with van der Waals surface area (Å²) < 4.78 is 0. The van der Waals surface area contributed by atoms with Gasteiger partial charge in [-0.1, -0.05) is 24.8 Å². The van der Waals surface area contributed by atoms with Crippen molar-refractivity contribution in [1.82, 2.24) is 5.32 Å². The van der Waals surface area contributed by atoms with Gasteiger partial charge in [-0.3, -0.25) is 0 Å². The van der Waals surface area contributed by atoms with Crippen molar-refractivity contribution < 1.29 is 0 Å². The largest absolute Gasteiger partial charge is 0.359 e. The second-order valence-electron chi connectivity index (χ2n) is 2.86. The molecule has 1 N–H and O–H groups in total. The van der Waals surface area contributed by atoms with Gasteiger partial charge in [-0.15, -0.1) is 0 Å². The van der Waals surface area contributed by atoms with Crippen LogP contribution in [-0.4, -0.2) is 0 Å². The van der Waals surface area contributed by atoms with E-state index in [1.807, 2.05) is 6.08 Å². The maximum absolute atomic E-state index is 3.85. The number of hydrogen-bond acceptors (Lipinski definition) is 1. The van der Waals surface area contributed by atoms with Crippen LogP contribution in [0.25, 0.3) is 0 Å². The van der Waals surface area contributed by atoms with Crippen LogP contribution >= 0.6 is 0 Å². The minimum atomic E-state index is 0.999. The molecule has 1 heteroatoms. The van der Waals surface area contributed by atoms with Crippen molar-refractivity contribution >= 4 is 0 Å². The van der Waals surface area contributed by atoms with Crippen molar-refractivity contribution in [3.8, 4) is 0 Å². The Hall–Kier alpha value is -1.24. The predicted octanol–water partition coefficient (Wildman–Crippen LogP) is 2.26. The zero-order chi connectivity index (χ0) is 7.68. The number of rotatable bonds is 0. The van der Waals surface area contributed by atoms with Crippen LogP contribution in [0.3, 0.4) is 0 Å². The maximum Gasteiger partial charge on any atom is 0.0309 e. The molecule has 1 aliphatic carbocycles. The topological polar surface area (TPSA) is 12.0 Å². The highest BCUT2D eigenvalue weighted by atomic mass is 14.9. The van der Waals surface area contributed by atoms with Crippen LogP contribution in [-0.2, 0) is 0 Å². The third kappa shape index (κ3) is 1.14. The lowest BCUT2D eigenvalue weighted by Crippen LogP contribution is -2.16. The molecule has 0 saturated carbocycles. The van der Waals surface area contributed by atoms with Gasteiger partial charge < -0.3 is 5.32 Å². The van der Waals surface area contributed by atoms with Crippen molar-refractivity contribution in [2.75, 3.05) is 0 Å². The van der Waals surface area contributed by atoms with Crippen LogP contribution in [0.4, 0.5) is 0 Å². The van der Waals surface area contributed by atoms with Crippen molar-refractivity contribution in [1.29, 1.82) is 0 Å². The van der Waals surface area contributed by atoms with E-state index in [-0.39, 0.29) is 0 Å². The normalized spacial score (nSPS) is 21.6. The molecule has 0 spiro atoms. The van der Waals surface area contributed by atoms with Crippen molar-refractivity contribution in [2.45, 2.75) is 12.8 Å². The zero-order valence-corrected chi connectivity index (χ0v) is 6.43. The fraction of sp³-hybridized carbons (Fsp3) is 0.200. The van der Waals surface area contributed by atoms with E-state index < -0.39 is 0 Å². The molecule has 0 amide bonds. The summed E-state index contributed by atoms with van der Waals surface area (Å²) in [6.07, 6.45) is 10.8. The van der Waals surface area contributed by atoms with Gasteiger partial charge in [-0.25, -0.2) is 0 Å². The summed E-state index contributed by atoms with van der Waals surface area (Å²) in [5, 5.41) is 3.27. The van der Waals surface area contributed by atoms with E-state index in [4.69, 9.17) is 0 Å². The molecule has 0 aromatic carbocycles. The number of nitrogens with one attached hydrogen (secondary N) is 1. The third-order valence-corrected chi connectivity index (χ3v) is 1.98. The molecule has 11 heavy (non-hydrogen) atoms. The van der Waals surface area contributed by atoms with Gasteiger partial charge in [0, 0.05) is 11.4 Å². The van der Waals surface area contributed by atoms with Crippen LogP contribution in [0.5, 0.6) is 0 Å². The molecule has 0 aromatic heterocycles. The van der Waals surface area contributed by atoms with E-state index in [1.54, 1.807) is 0 Å². The number of allylic oxidation sites excluding steroid dienone is 6. The Kier molecular flexibility index (Phi) is 1.42. The number of hydrogen-bond donors (Lipinski definition) is 1. The summed E-state index contributed by atoms with van der Waals surface area (Å²) in [7, 11) is 0. The predicted molar refractivity (Wildman–Crippen MR) is 46.8 cm³/mol. The number of dihydropyridines is 1. The van der Waals surface area contributed by atoms with Crippen LogP contribution in [0.15, 0.2) is 47.9 Å². The first-order valence-electron chi connectivity index (χ1n) is 3.90. The highest BCUT2D eigenvalue weighted by Gasteiger charge is 2.09. The van der Waals surface area contributed by atoms with Gasteiger partial charge in [-0.05, 0) is 24.5 Å². The monoisotopic (exact) mass is 145 g/mol. The summed E-state index contributed by atoms with van der Waals surface area (Å²) in [5.74, 6) is 0. The Morgan fingerprint density at radius 3 is 3.09 bits per heavy atom. The first-order chi connectivity index (χ1) is 5.36. The van der Waals surface area contributed by atoms with Crippen molar-refractivity contribution in [2.24, 2.45) is 0 Å². The second kappa shape index (κ2) is 2.42. The molecular weight excluding hydrogens is 134 g/mol. The summed E-state index contributed by atoms with van der Waals surface area (Å²) in [6.45, 7) is 3.85. The summed E-state index contributed by atoms with van der Waals surface area (Å²) in [4.78, 5) is 0. The molecule has 56 valence electrons. The standard InChI is InChI=1S/C10H11N/c1-8-6-7-9-4-2-3-5-10(9)11-8/h2,4,6-7,11H,1,3,5H2. The van der Waals surface area contributed by atoms with E-state index in [0.29, 0.717) is 0 Å². The third-order valence-electron chi connectivity index (χ3n) is 1.98. The molecular formula is C10H11N. The Balaban J connectivity index is 2.34. The van der Waals surface area contributed by atoms with Gasteiger partial charge >= 0.3 is 0 Å². The van der Waals surface area contributed by atoms with Crippen LogP contribution in [0.2, 0.25) is 0 Å². The molecule has 1 nitrogen and oxygen atoms in total. The van der Waals surface area contributed by atoms with Gasteiger partial charge in [0.15, 0.2) is 0 Å². The zero-order valence-electron chi connectivity index (χ0n) is 6.43. The maximum atomic E-state index is 3.85. The molecule has 1 heterocycles. The highest BCUT2D eigenvalue weighted by Crippen LogP contribution is 2.21. The van der Waals surface area contributed by atoms with E-state index in [1.165, 1.54) is 11.3 Å². The molecule has 2 rings (SSSR count). The summed E-state index contributed by atoms with van der Waals surface area (Å²) >= 11 is 0. The fourth-order valence-electron chi connectivity index (χ4n) is 1.40. The van der Waals surface area contributed by atoms with Crippen LogP contribution < -0.4 is 5.32 Å². The van der Waals surface area contributed by atoms with Crippen molar-refractivity contribution in [3.05, 3.63) is 47.9 Å². The average Bonchev–Trinajstić information content (AvgIpc) is 2.04. The quantitative estimate of drug-likeness (QED) is 0.551. The molecule has 0 bridgehead atoms. The minimum Gasteiger partial charge on any atom is -0.359 e. The van der Waals surface area contributed by atoms with Gasteiger partial charge in [-0.2, -0.15) is 0 Å². The highest BCUT2D eigenvalue weighted by molar-refractivity contribution is 5.44. The molecule has 2 aliphatic rings. The van der Waals surface area contributed by atoms with Crippen LogP contribution in [0.1, 0.15) is 12.8 Å². The summed E-state index contributed by atoms with van der Waals surface area (Å²) in [5.41, 5.74) is 3.63. The van der Waals surface area contributed by atoms with Gasteiger partial charge in [0.1, 0.15) is 0 Å². The first kappa shape index (κ1) is 6.47. The SMILES string of the molecule is C=C1C=CC2=C(CCC=C2)N1. The molecule has 0 fully saturated rings. The van der Waals surface area contributed by atoms with E-state index in [0.717, 1.165) is 18.5 Å². The lowest BCUT2D eigenvalue weighted by atomic mass is 10.0. The average molecular weight is 145 g/mol.